The Labute approximate surface area is 142 Å². The van der Waals surface area contributed by atoms with Gasteiger partial charge in [-0.1, -0.05) is 23.8 Å². The third-order valence-corrected chi connectivity index (χ3v) is 3.33. The van der Waals surface area contributed by atoms with Crippen LogP contribution in [0.15, 0.2) is 48.5 Å². The zero-order chi connectivity index (χ0) is 16.5. The van der Waals surface area contributed by atoms with E-state index in [1.165, 1.54) is 5.56 Å². The lowest BCUT2D eigenvalue weighted by Gasteiger charge is -2.12. The third kappa shape index (κ3) is 6.16. The van der Waals surface area contributed by atoms with Crippen molar-refractivity contribution in [3.05, 3.63) is 54.1 Å². The number of hydrogen-bond acceptors (Lipinski definition) is 3. The summed E-state index contributed by atoms with van der Waals surface area (Å²) in [6, 6.07) is 15.7. The van der Waals surface area contributed by atoms with Crippen LogP contribution in [-0.2, 0) is 0 Å². The summed E-state index contributed by atoms with van der Waals surface area (Å²) in [5.74, 6) is 1.68. The fourth-order valence-electron chi connectivity index (χ4n) is 1.97. The van der Waals surface area contributed by atoms with Crippen molar-refractivity contribution in [1.29, 1.82) is 0 Å². The molecule has 0 unspecified atom stereocenters. The van der Waals surface area contributed by atoms with E-state index in [2.05, 4.69) is 17.6 Å². The minimum Gasteiger partial charge on any atom is -0.494 e. The largest absolute Gasteiger partial charge is 0.494 e. The van der Waals surface area contributed by atoms with E-state index < -0.39 is 0 Å². The molecular weight excluding hydrogens is 308 g/mol. The van der Waals surface area contributed by atoms with Crippen LogP contribution in [0.3, 0.4) is 0 Å². The standard InChI is InChI=1S/C18H22N2O2S/c1-3-21-17-6-4-5-15(13-17)20-18(23)19-11-12-22-16-9-7-14(2)8-10-16/h4-10,13H,3,11-12H2,1-2H3,(H2,19,20,23). The Hall–Kier alpha value is -2.27. The van der Waals surface area contributed by atoms with Crippen LogP contribution in [0.4, 0.5) is 5.69 Å². The van der Waals surface area contributed by atoms with Crippen LogP contribution in [0, 0.1) is 6.92 Å². The van der Waals surface area contributed by atoms with Crippen molar-refractivity contribution >= 4 is 23.0 Å². The average molecular weight is 330 g/mol. The molecule has 2 aromatic rings. The molecule has 0 heterocycles. The van der Waals surface area contributed by atoms with Gasteiger partial charge in [0.2, 0.25) is 0 Å². The van der Waals surface area contributed by atoms with Crippen molar-refractivity contribution in [2.24, 2.45) is 0 Å². The molecule has 122 valence electrons. The van der Waals surface area contributed by atoms with Gasteiger partial charge in [-0.3, -0.25) is 0 Å². The van der Waals surface area contributed by atoms with Gasteiger partial charge < -0.3 is 20.1 Å². The van der Waals surface area contributed by atoms with Crippen LogP contribution in [0.1, 0.15) is 12.5 Å². The highest BCUT2D eigenvalue weighted by Gasteiger charge is 2.00. The number of thiocarbonyl (C=S) groups is 1. The number of aryl methyl sites for hydroxylation is 1. The van der Waals surface area contributed by atoms with Gasteiger partial charge in [-0.25, -0.2) is 0 Å². The highest BCUT2D eigenvalue weighted by Crippen LogP contribution is 2.17. The van der Waals surface area contributed by atoms with E-state index in [1.54, 1.807) is 0 Å². The maximum atomic E-state index is 5.64. The van der Waals surface area contributed by atoms with Gasteiger partial charge in [0.25, 0.3) is 0 Å². The van der Waals surface area contributed by atoms with Gasteiger partial charge in [0.15, 0.2) is 5.11 Å². The van der Waals surface area contributed by atoms with E-state index in [0.717, 1.165) is 17.2 Å². The molecule has 0 bridgehead atoms. The molecule has 5 heteroatoms. The van der Waals surface area contributed by atoms with Crippen molar-refractivity contribution in [3.8, 4) is 11.5 Å². The van der Waals surface area contributed by atoms with Crippen molar-refractivity contribution in [2.75, 3.05) is 25.1 Å². The summed E-state index contributed by atoms with van der Waals surface area (Å²) < 4.78 is 11.1. The SMILES string of the molecule is CCOc1cccc(NC(=S)NCCOc2ccc(C)cc2)c1. The summed E-state index contributed by atoms with van der Waals surface area (Å²) in [6.07, 6.45) is 0. The summed E-state index contributed by atoms with van der Waals surface area (Å²) in [5.41, 5.74) is 2.11. The van der Waals surface area contributed by atoms with Crippen LogP contribution in [0.25, 0.3) is 0 Å². The molecule has 0 amide bonds. The molecule has 0 aliphatic heterocycles. The second-order valence-electron chi connectivity index (χ2n) is 5.00. The molecule has 0 aromatic heterocycles. The van der Waals surface area contributed by atoms with Gasteiger partial charge in [0, 0.05) is 11.8 Å². The van der Waals surface area contributed by atoms with Gasteiger partial charge in [0.1, 0.15) is 18.1 Å². The van der Waals surface area contributed by atoms with Crippen molar-refractivity contribution in [3.63, 3.8) is 0 Å². The molecule has 2 rings (SSSR count). The summed E-state index contributed by atoms with van der Waals surface area (Å²) in [6.45, 7) is 5.83. The summed E-state index contributed by atoms with van der Waals surface area (Å²) in [7, 11) is 0. The smallest absolute Gasteiger partial charge is 0.170 e. The molecule has 0 saturated heterocycles. The maximum Gasteiger partial charge on any atom is 0.170 e. The Morgan fingerprint density at radius 3 is 2.57 bits per heavy atom. The molecule has 0 fully saturated rings. The Balaban J connectivity index is 1.70. The summed E-state index contributed by atoms with van der Waals surface area (Å²) >= 11 is 5.27. The molecule has 0 radical (unpaired) electrons. The molecule has 0 aliphatic rings. The predicted molar refractivity (Wildman–Crippen MR) is 98.5 cm³/mol. The first-order valence-corrected chi connectivity index (χ1v) is 8.05. The van der Waals surface area contributed by atoms with E-state index >= 15 is 0 Å². The molecule has 0 atom stereocenters. The molecule has 2 aromatic carbocycles. The molecule has 0 saturated carbocycles. The van der Waals surface area contributed by atoms with Gasteiger partial charge in [-0.15, -0.1) is 0 Å². The van der Waals surface area contributed by atoms with E-state index in [4.69, 9.17) is 21.7 Å². The van der Waals surface area contributed by atoms with Crippen LogP contribution in [0.2, 0.25) is 0 Å². The number of nitrogens with one attached hydrogen (secondary N) is 2. The van der Waals surface area contributed by atoms with E-state index in [0.29, 0.717) is 24.9 Å². The highest BCUT2D eigenvalue weighted by atomic mass is 32.1. The number of benzene rings is 2. The van der Waals surface area contributed by atoms with Gasteiger partial charge in [-0.2, -0.15) is 0 Å². The first-order chi connectivity index (χ1) is 11.2. The minimum absolute atomic E-state index is 0.546. The lowest BCUT2D eigenvalue weighted by atomic mass is 10.2. The van der Waals surface area contributed by atoms with Gasteiger partial charge in [-0.05, 0) is 50.3 Å². The maximum absolute atomic E-state index is 5.64. The van der Waals surface area contributed by atoms with Crippen molar-refractivity contribution in [1.82, 2.24) is 5.32 Å². The first-order valence-electron chi connectivity index (χ1n) is 7.64. The van der Waals surface area contributed by atoms with Crippen LogP contribution < -0.4 is 20.1 Å². The zero-order valence-electron chi connectivity index (χ0n) is 13.5. The van der Waals surface area contributed by atoms with Crippen molar-refractivity contribution < 1.29 is 9.47 Å². The van der Waals surface area contributed by atoms with Gasteiger partial charge >= 0.3 is 0 Å². The molecule has 0 spiro atoms. The molecule has 2 N–H and O–H groups in total. The lowest BCUT2D eigenvalue weighted by Crippen LogP contribution is -2.31. The molecule has 0 aliphatic carbocycles. The lowest BCUT2D eigenvalue weighted by molar-refractivity contribution is 0.322. The highest BCUT2D eigenvalue weighted by molar-refractivity contribution is 7.80. The predicted octanol–water partition coefficient (Wildman–Crippen LogP) is 3.76. The summed E-state index contributed by atoms with van der Waals surface area (Å²) in [4.78, 5) is 0. The second kappa shape index (κ2) is 9.00. The Morgan fingerprint density at radius 2 is 1.83 bits per heavy atom. The van der Waals surface area contributed by atoms with E-state index in [1.807, 2.05) is 55.5 Å². The minimum atomic E-state index is 0.546. The topological polar surface area (TPSA) is 42.5 Å². The Bertz CT molecular complexity index is 629. The zero-order valence-corrected chi connectivity index (χ0v) is 14.3. The van der Waals surface area contributed by atoms with E-state index in [9.17, 15) is 0 Å². The first kappa shape index (κ1) is 17.1. The van der Waals surface area contributed by atoms with Crippen LogP contribution in [-0.4, -0.2) is 24.9 Å². The average Bonchev–Trinajstić information content (AvgIpc) is 2.54. The van der Waals surface area contributed by atoms with Crippen LogP contribution >= 0.6 is 12.2 Å². The quantitative estimate of drug-likeness (QED) is 0.598. The monoisotopic (exact) mass is 330 g/mol. The van der Waals surface area contributed by atoms with E-state index in [-0.39, 0.29) is 0 Å². The fourth-order valence-corrected chi connectivity index (χ4v) is 2.19. The molecule has 4 nitrogen and oxygen atoms in total. The van der Waals surface area contributed by atoms with Gasteiger partial charge in [0.05, 0.1) is 13.2 Å². The number of ether oxygens (including phenoxy) is 2. The normalized spacial score (nSPS) is 10.0. The fraction of sp³-hybridized carbons (Fsp3) is 0.278. The van der Waals surface area contributed by atoms with Crippen molar-refractivity contribution in [2.45, 2.75) is 13.8 Å². The molecule has 23 heavy (non-hydrogen) atoms. The second-order valence-corrected chi connectivity index (χ2v) is 5.41. The molecular formula is C18H22N2O2S. The number of hydrogen-bond donors (Lipinski definition) is 2. The number of rotatable bonds is 7. The van der Waals surface area contributed by atoms with Crippen LogP contribution in [0.5, 0.6) is 11.5 Å². The number of anilines is 1. The Morgan fingerprint density at radius 1 is 1.04 bits per heavy atom. The third-order valence-electron chi connectivity index (χ3n) is 3.08. The summed E-state index contributed by atoms with van der Waals surface area (Å²) in [5, 5.41) is 6.81. The Kier molecular flexibility index (Phi) is 6.69.